The lowest BCUT2D eigenvalue weighted by Crippen LogP contribution is -2.30. The van der Waals surface area contributed by atoms with Crippen LogP contribution >= 0.6 is 12.4 Å². The number of hydrogen-bond donors (Lipinski definition) is 2. The molecule has 1 aliphatic carbocycles. The van der Waals surface area contributed by atoms with Crippen molar-refractivity contribution in [2.45, 2.75) is 26.3 Å². The topological polar surface area (TPSA) is 77.4 Å². The molecule has 1 aromatic carbocycles. The van der Waals surface area contributed by atoms with E-state index in [-0.39, 0.29) is 18.3 Å². The van der Waals surface area contributed by atoms with Gasteiger partial charge in [-0.15, -0.1) is 12.4 Å². The standard InChI is InChI=1S/C19H26N4O3.ClH/c1-13-9-21-23(12-15-6-7-16(25-2)17(8-15)26-3)19(13)22-18(24)11-20-10-14-4-5-14;/h6-9,14,20H,4-5,10-12H2,1-3H3,(H,22,24);1H. The Bertz CT molecular complexity index is 774. The number of anilines is 1. The molecule has 0 bridgehead atoms. The molecule has 7 nitrogen and oxygen atoms in total. The van der Waals surface area contributed by atoms with E-state index >= 15 is 0 Å². The van der Waals surface area contributed by atoms with Crippen LogP contribution in [0.25, 0.3) is 0 Å². The molecular formula is C19H27ClN4O3. The van der Waals surface area contributed by atoms with Crippen molar-refractivity contribution in [1.82, 2.24) is 15.1 Å². The van der Waals surface area contributed by atoms with E-state index in [0.717, 1.165) is 29.4 Å². The maximum absolute atomic E-state index is 12.2. The number of halogens is 1. The molecule has 1 amide bonds. The quantitative estimate of drug-likeness (QED) is 0.683. The van der Waals surface area contributed by atoms with Crippen LogP contribution < -0.4 is 20.1 Å². The Hall–Kier alpha value is -2.25. The fraction of sp³-hybridized carbons (Fsp3) is 0.474. The summed E-state index contributed by atoms with van der Waals surface area (Å²) in [7, 11) is 3.22. The van der Waals surface area contributed by atoms with Crippen LogP contribution in [0.2, 0.25) is 0 Å². The van der Waals surface area contributed by atoms with E-state index in [4.69, 9.17) is 9.47 Å². The number of carbonyl (C=O) groups is 1. The van der Waals surface area contributed by atoms with Crippen molar-refractivity contribution in [3.63, 3.8) is 0 Å². The Labute approximate surface area is 165 Å². The number of hydrogen-bond acceptors (Lipinski definition) is 5. The summed E-state index contributed by atoms with van der Waals surface area (Å²) < 4.78 is 12.4. The maximum atomic E-state index is 12.2. The number of aromatic nitrogens is 2. The summed E-state index contributed by atoms with van der Waals surface area (Å²) in [4.78, 5) is 12.2. The van der Waals surface area contributed by atoms with Crippen LogP contribution in [0.5, 0.6) is 11.5 Å². The second kappa shape index (κ2) is 9.62. The number of carbonyl (C=O) groups excluding carboxylic acids is 1. The van der Waals surface area contributed by atoms with Gasteiger partial charge in [-0.2, -0.15) is 5.10 Å². The molecule has 0 saturated heterocycles. The number of nitrogens with one attached hydrogen (secondary N) is 2. The summed E-state index contributed by atoms with van der Waals surface area (Å²) in [5, 5.41) is 10.6. The van der Waals surface area contributed by atoms with E-state index in [2.05, 4.69) is 15.7 Å². The van der Waals surface area contributed by atoms with Gasteiger partial charge in [0.1, 0.15) is 5.82 Å². The first-order chi connectivity index (χ1) is 12.6. The number of methoxy groups -OCH3 is 2. The van der Waals surface area contributed by atoms with Crippen molar-refractivity contribution in [2.24, 2.45) is 5.92 Å². The zero-order valence-electron chi connectivity index (χ0n) is 15.9. The van der Waals surface area contributed by atoms with Crippen molar-refractivity contribution in [3.8, 4) is 11.5 Å². The third kappa shape index (κ3) is 5.61. The van der Waals surface area contributed by atoms with Gasteiger partial charge in [-0.3, -0.25) is 4.79 Å². The van der Waals surface area contributed by atoms with Crippen LogP contribution in [-0.4, -0.2) is 43.0 Å². The van der Waals surface area contributed by atoms with Gasteiger partial charge in [-0.1, -0.05) is 6.07 Å². The normalized spacial score (nSPS) is 13.0. The van der Waals surface area contributed by atoms with Crippen LogP contribution in [0, 0.1) is 12.8 Å². The highest BCUT2D eigenvalue weighted by Crippen LogP contribution is 2.28. The van der Waals surface area contributed by atoms with Gasteiger partial charge in [0.05, 0.1) is 33.5 Å². The van der Waals surface area contributed by atoms with Gasteiger partial charge in [0, 0.05) is 5.56 Å². The molecule has 1 saturated carbocycles. The smallest absolute Gasteiger partial charge is 0.239 e. The highest BCUT2D eigenvalue weighted by atomic mass is 35.5. The monoisotopic (exact) mass is 394 g/mol. The molecule has 2 aromatic rings. The lowest BCUT2D eigenvalue weighted by Gasteiger charge is -2.13. The molecule has 27 heavy (non-hydrogen) atoms. The van der Waals surface area contributed by atoms with Gasteiger partial charge in [-0.25, -0.2) is 4.68 Å². The molecule has 0 atom stereocenters. The highest BCUT2D eigenvalue weighted by Gasteiger charge is 2.21. The Morgan fingerprint density at radius 2 is 2.00 bits per heavy atom. The summed E-state index contributed by atoms with van der Waals surface area (Å²) in [5.41, 5.74) is 1.94. The molecule has 2 N–H and O–H groups in total. The molecule has 1 fully saturated rings. The van der Waals surface area contributed by atoms with E-state index in [1.807, 2.05) is 25.1 Å². The van der Waals surface area contributed by atoms with Gasteiger partial charge < -0.3 is 20.1 Å². The fourth-order valence-corrected chi connectivity index (χ4v) is 2.80. The highest BCUT2D eigenvalue weighted by molar-refractivity contribution is 5.92. The molecule has 1 heterocycles. The predicted molar refractivity (Wildman–Crippen MR) is 107 cm³/mol. The number of amides is 1. The first-order valence-electron chi connectivity index (χ1n) is 8.84. The number of aryl methyl sites for hydroxylation is 1. The summed E-state index contributed by atoms with van der Waals surface area (Å²) >= 11 is 0. The van der Waals surface area contributed by atoms with Crippen LogP contribution in [0.3, 0.4) is 0 Å². The first-order valence-corrected chi connectivity index (χ1v) is 8.84. The molecule has 0 aliphatic heterocycles. The number of ether oxygens (including phenoxy) is 2. The van der Waals surface area contributed by atoms with Crippen molar-refractivity contribution in [1.29, 1.82) is 0 Å². The fourth-order valence-electron chi connectivity index (χ4n) is 2.80. The van der Waals surface area contributed by atoms with E-state index in [1.165, 1.54) is 12.8 Å². The second-order valence-corrected chi connectivity index (χ2v) is 6.65. The molecule has 8 heteroatoms. The Morgan fingerprint density at radius 1 is 1.26 bits per heavy atom. The zero-order chi connectivity index (χ0) is 18.5. The Kier molecular flexibility index (Phi) is 7.50. The molecule has 3 rings (SSSR count). The SMILES string of the molecule is COc1ccc(Cn2ncc(C)c2NC(=O)CNCC2CC2)cc1OC.Cl. The third-order valence-electron chi connectivity index (χ3n) is 4.48. The van der Waals surface area contributed by atoms with Crippen molar-refractivity contribution in [2.75, 3.05) is 32.6 Å². The molecule has 0 radical (unpaired) electrons. The number of nitrogens with zero attached hydrogens (tertiary/aromatic N) is 2. The minimum Gasteiger partial charge on any atom is -0.493 e. The van der Waals surface area contributed by atoms with Crippen LogP contribution in [0.15, 0.2) is 24.4 Å². The molecule has 0 unspecified atom stereocenters. The maximum Gasteiger partial charge on any atom is 0.239 e. The zero-order valence-corrected chi connectivity index (χ0v) is 16.8. The lowest BCUT2D eigenvalue weighted by atomic mass is 10.2. The number of benzene rings is 1. The second-order valence-electron chi connectivity index (χ2n) is 6.65. The van der Waals surface area contributed by atoms with Crippen LogP contribution in [-0.2, 0) is 11.3 Å². The summed E-state index contributed by atoms with van der Waals surface area (Å²) in [5.74, 6) is 2.77. The van der Waals surface area contributed by atoms with Gasteiger partial charge in [-0.05, 0) is 49.9 Å². The molecular weight excluding hydrogens is 368 g/mol. The van der Waals surface area contributed by atoms with E-state index in [0.29, 0.717) is 24.6 Å². The number of rotatable bonds is 9. The largest absolute Gasteiger partial charge is 0.493 e. The average Bonchev–Trinajstić information content (AvgIpc) is 3.41. The van der Waals surface area contributed by atoms with Gasteiger partial charge in [0.15, 0.2) is 11.5 Å². The average molecular weight is 395 g/mol. The van der Waals surface area contributed by atoms with E-state index in [9.17, 15) is 4.79 Å². The van der Waals surface area contributed by atoms with E-state index < -0.39 is 0 Å². The van der Waals surface area contributed by atoms with Gasteiger partial charge in [0.2, 0.25) is 5.91 Å². The Morgan fingerprint density at radius 3 is 2.67 bits per heavy atom. The third-order valence-corrected chi connectivity index (χ3v) is 4.48. The van der Waals surface area contributed by atoms with Gasteiger partial charge >= 0.3 is 0 Å². The minimum atomic E-state index is -0.0530. The summed E-state index contributed by atoms with van der Waals surface area (Å²) in [6.45, 7) is 3.69. The summed E-state index contributed by atoms with van der Waals surface area (Å²) in [6.07, 6.45) is 4.30. The molecule has 0 spiro atoms. The molecule has 1 aliphatic rings. The predicted octanol–water partition coefficient (Wildman–Crippen LogP) is 2.62. The van der Waals surface area contributed by atoms with Crippen molar-refractivity contribution < 1.29 is 14.3 Å². The minimum absolute atomic E-state index is 0. The molecule has 148 valence electrons. The van der Waals surface area contributed by atoms with Crippen LogP contribution in [0.1, 0.15) is 24.0 Å². The lowest BCUT2D eigenvalue weighted by molar-refractivity contribution is -0.115. The van der Waals surface area contributed by atoms with Gasteiger partial charge in [0.25, 0.3) is 0 Å². The van der Waals surface area contributed by atoms with E-state index in [1.54, 1.807) is 25.1 Å². The first kappa shape index (κ1) is 21.1. The Balaban J connectivity index is 0.00000261. The summed E-state index contributed by atoms with van der Waals surface area (Å²) in [6, 6.07) is 5.74. The molecule has 1 aromatic heterocycles. The van der Waals surface area contributed by atoms with Crippen LogP contribution in [0.4, 0.5) is 5.82 Å². The van der Waals surface area contributed by atoms with Crippen molar-refractivity contribution >= 4 is 24.1 Å². The van der Waals surface area contributed by atoms with Crippen molar-refractivity contribution in [3.05, 3.63) is 35.5 Å².